The zero-order valence-electron chi connectivity index (χ0n) is 12.1. The molecule has 0 radical (unpaired) electrons. The molecule has 0 amide bonds. The van der Waals surface area contributed by atoms with Gasteiger partial charge in [0.1, 0.15) is 6.61 Å². The van der Waals surface area contributed by atoms with Gasteiger partial charge in [-0.2, -0.15) is 0 Å². The third-order valence-corrected chi connectivity index (χ3v) is 2.68. The summed E-state index contributed by atoms with van der Waals surface area (Å²) in [4.78, 5) is 28.5. The van der Waals surface area contributed by atoms with Crippen LogP contribution in [0.15, 0.2) is 48.1 Å². The number of hydrogen-bond acceptors (Lipinski definition) is 5. The van der Waals surface area contributed by atoms with Gasteiger partial charge < -0.3 is 9.57 Å². The van der Waals surface area contributed by atoms with Crippen molar-refractivity contribution in [2.45, 2.75) is 25.9 Å². The number of benzene rings is 1. The third kappa shape index (κ3) is 6.03. The molecule has 0 atom stereocenters. The number of rotatable bonds is 9. The Hall–Kier alpha value is -2.43. The fourth-order valence-corrected chi connectivity index (χ4v) is 1.57. The second-order valence-corrected chi connectivity index (χ2v) is 4.29. The van der Waals surface area contributed by atoms with Crippen LogP contribution in [0.2, 0.25) is 0 Å². The van der Waals surface area contributed by atoms with Gasteiger partial charge in [0, 0.05) is 6.42 Å². The first-order valence-electron chi connectivity index (χ1n) is 6.65. The smallest absolute Gasteiger partial charge is 0.363 e. The molecule has 0 saturated carbocycles. The van der Waals surface area contributed by atoms with E-state index in [0.29, 0.717) is 12.8 Å². The van der Waals surface area contributed by atoms with E-state index in [0.717, 1.165) is 5.56 Å². The molecule has 5 nitrogen and oxygen atoms in total. The average molecular weight is 289 g/mol. The Morgan fingerprint density at radius 1 is 1.29 bits per heavy atom. The number of Topliss-reactive ketones (excluding diaryl/α,β-unsaturated/α-hetero) is 1. The molecule has 0 fully saturated rings. The summed E-state index contributed by atoms with van der Waals surface area (Å²) in [6.07, 6.45) is 3.23. The quantitative estimate of drug-likeness (QED) is 0.175. The van der Waals surface area contributed by atoms with Crippen LogP contribution in [0.5, 0.6) is 0 Å². The number of oxime groups is 1. The Bertz CT molecular complexity index is 508. The molecule has 0 unspecified atom stereocenters. The van der Waals surface area contributed by atoms with E-state index in [9.17, 15) is 9.59 Å². The highest BCUT2D eigenvalue weighted by atomic mass is 16.6. The molecule has 5 heteroatoms. The summed E-state index contributed by atoms with van der Waals surface area (Å²) in [5.41, 5.74) is 0.585. The van der Waals surface area contributed by atoms with Gasteiger partial charge >= 0.3 is 5.97 Å². The van der Waals surface area contributed by atoms with Gasteiger partial charge in [0.15, 0.2) is 5.78 Å². The van der Waals surface area contributed by atoms with Crippen LogP contribution in [0.4, 0.5) is 0 Å². The summed E-state index contributed by atoms with van der Waals surface area (Å²) in [6, 6.07) is 9.34. The van der Waals surface area contributed by atoms with E-state index in [2.05, 4.69) is 16.5 Å². The molecule has 0 bridgehead atoms. The fourth-order valence-electron chi connectivity index (χ4n) is 1.57. The van der Waals surface area contributed by atoms with Gasteiger partial charge in [-0.05, 0) is 18.4 Å². The zero-order chi connectivity index (χ0) is 15.5. The van der Waals surface area contributed by atoms with Gasteiger partial charge in [0.2, 0.25) is 5.71 Å². The summed E-state index contributed by atoms with van der Waals surface area (Å²) < 4.78 is 4.55. The molecule has 0 spiro atoms. The number of ether oxygens (including phenoxy) is 1. The van der Waals surface area contributed by atoms with E-state index in [4.69, 9.17) is 4.84 Å². The second-order valence-electron chi connectivity index (χ2n) is 4.29. The SMILES string of the molecule is C=CCCCC(=O)/C(=N/OCc1ccccc1)C(=O)OC. The minimum atomic E-state index is -0.785. The molecular weight excluding hydrogens is 270 g/mol. The number of methoxy groups -OCH3 is 1. The number of carbonyl (C=O) groups is 2. The van der Waals surface area contributed by atoms with Gasteiger partial charge in [0.25, 0.3) is 0 Å². The van der Waals surface area contributed by atoms with E-state index in [1.807, 2.05) is 30.3 Å². The number of ketones is 1. The minimum Gasteiger partial charge on any atom is -0.464 e. The molecule has 0 aromatic heterocycles. The molecule has 112 valence electrons. The van der Waals surface area contributed by atoms with Crippen LogP contribution in [0, 0.1) is 0 Å². The number of carbonyl (C=O) groups excluding carboxylic acids is 2. The Labute approximate surface area is 124 Å². The van der Waals surface area contributed by atoms with Crippen molar-refractivity contribution >= 4 is 17.5 Å². The van der Waals surface area contributed by atoms with E-state index in [1.165, 1.54) is 7.11 Å². The lowest BCUT2D eigenvalue weighted by Gasteiger charge is -2.04. The van der Waals surface area contributed by atoms with Gasteiger partial charge in [0.05, 0.1) is 7.11 Å². The topological polar surface area (TPSA) is 65.0 Å². The highest BCUT2D eigenvalue weighted by Crippen LogP contribution is 2.04. The van der Waals surface area contributed by atoms with Crippen molar-refractivity contribution in [2.24, 2.45) is 5.16 Å². The van der Waals surface area contributed by atoms with Crippen LogP contribution in [0.25, 0.3) is 0 Å². The molecule has 1 rings (SSSR count). The molecule has 0 heterocycles. The standard InChI is InChI=1S/C16H19NO4/c1-3-4-6-11-14(18)15(16(19)20-2)17-21-12-13-9-7-5-8-10-13/h3,5,7-10H,1,4,6,11-12H2,2H3/b17-15-. The minimum absolute atomic E-state index is 0.182. The largest absolute Gasteiger partial charge is 0.464 e. The number of esters is 1. The van der Waals surface area contributed by atoms with Crippen LogP contribution >= 0.6 is 0 Å². The number of nitrogens with zero attached hydrogens (tertiary/aromatic N) is 1. The first kappa shape index (κ1) is 16.6. The van der Waals surface area contributed by atoms with Crippen LogP contribution < -0.4 is 0 Å². The van der Waals surface area contributed by atoms with E-state index in [1.54, 1.807) is 6.08 Å². The maximum absolute atomic E-state index is 11.9. The van der Waals surface area contributed by atoms with Crippen molar-refractivity contribution < 1.29 is 19.2 Å². The van der Waals surface area contributed by atoms with Crippen LogP contribution in [-0.4, -0.2) is 24.6 Å². The normalized spacial score (nSPS) is 10.8. The number of hydrogen-bond donors (Lipinski definition) is 0. The Balaban J connectivity index is 2.63. The monoisotopic (exact) mass is 289 g/mol. The van der Waals surface area contributed by atoms with Crippen molar-refractivity contribution in [3.8, 4) is 0 Å². The molecular formula is C16H19NO4. The summed E-state index contributed by atoms with van der Waals surface area (Å²) in [7, 11) is 1.20. The first-order valence-corrected chi connectivity index (χ1v) is 6.65. The van der Waals surface area contributed by atoms with Crippen molar-refractivity contribution in [1.82, 2.24) is 0 Å². The fraction of sp³-hybridized carbons (Fsp3) is 0.312. The molecule has 0 aliphatic heterocycles. The molecule has 0 saturated heterocycles. The van der Waals surface area contributed by atoms with E-state index < -0.39 is 11.8 Å². The van der Waals surface area contributed by atoms with Gasteiger partial charge in [-0.25, -0.2) is 4.79 Å². The summed E-state index contributed by atoms with van der Waals surface area (Å²) in [5, 5.41) is 3.64. The lowest BCUT2D eigenvalue weighted by atomic mass is 10.1. The Kier molecular flexibility index (Phi) is 7.50. The summed E-state index contributed by atoms with van der Waals surface area (Å²) in [6.45, 7) is 3.76. The second kappa shape index (κ2) is 9.47. The maximum Gasteiger partial charge on any atom is 0.363 e. The van der Waals surface area contributed by atoms with Crippen molar-refractivity contribution in [3.05, 3.63) is 48.6 Å². The summed E-state index contributed by atoms with van der Waals surface area (Å²) in [5.74, 6) is -1.18. The predicted molar refractivity (Wildman–Crippen MR) is 79.7 cm³/mol. The molecule has 0 N–H and O–H groups in total. The van der Waals surface area contributed by atoms with Crippen LogP contribution in [-0.2, 0) is 25.8 Å². The third-order valence-electron chi connectivity index (χ3n) is 2.68. The van der Waals surface area contributed by atoms with E-state index in [-0.39, 0.29) is 18.7 Å². The molecule has 0 aliphatic rings. The van der Waals surface area contributed by atoms with Crippen molar-refractivity contribution in [3.63, 3.8) is 0 Å². The average Bonchev–Trinajstić information content (AvgIpc) is 2.52. The number of unbranched alkanes of at least 4 members (excludes halogenated alkanes) is 1. The zero-order valence-corrected chi connectivity index (χ0v) is 12.1. The maximum atomic E-state index is 11.9. The number of allylic oxidation sites excluding steroid dienone is 1. The molecule has 1 aromatic carbocycles. The lowest BCUT2D eigenvalue weighted by Crippen LogP contribution is -2.25. The Morgan fingerprint density at radius 2 is 2.00 bits per heavy atom. The Morgan fingerprint density at radius 3 is 2.62 bits per heavy atom. The first-order chi connectivity index (χ1) is 10.2. The van der Waals surface area contributed by atoms with E-state index >= 15 is 0 Å². The highest BCUT2D eigenvalue weighted by Gasteiger charge is 2.21. The van der Waals surface area contributed by atoms with Crippen molar-refractivity contribution in [1.29, 1.82) is 0 Å². The van der Waals surface area contributed by atoms with Crippen LogP contribution in [0.1, 0.15) is 24.8 Å². The summed E-state index contributed by atoms with van der Waals surface area (Å²) >= 11 is 0. The van der Waals surface area contributed by atoms with Gasteiger partial charge in [-0.3, -0.25) is 4.79 Å². The molecule has 0 aliphatic carbocycles. The molecule has 21 heavy (non-hydrogen) atoms. The van der Waals surface area contributed by atoms with Gasteiger partial charge in [-0.1, -0.05) is 41.6 Å². The molecule has 1 aromatic rings. The predicted octanol–water partition coefficient (Wildman–Crippen LogP) is 2.66. The van der Waals surface area contributed by atoms with Gasteiger partial charge in [-0.15, -0.1) is 6.58 Å². The highest BCUT2D eigenvalue weighted by molar-refractivity contribution is 6.64. The van der Waals surface area contributed by atoms with Crippen molar-refractivity contribution in [2.75, 3.05) is 7.11 Å². The van der Waals surface area contributed by atoms with Crippen LogP contribution in [0.3, 0.4) is 0 Å². The lowest BCUT2D eigenvalue weighted by molar-refractivity contribution is -0.133.